The minimum atomic E-state index is -5.09. The first-order valence-electron chi connectivity index (χ1n) is 6.40. The largest absolute Gasteiger partial charge is 0.471 e. The fourth-order valence-corrected chi connectivity index (χ4v) is 3.56. The first-order chi connectivity index (χ1) is 10.0. The predicted molar refractivity (Wildman–Crippen MR) is 76.2 cm³/mol. The maximum absolute atomic E-state index is 12.9. The Hall–Kier alpha value is -1.83. The van der Waals surface area contributed by atoms with Gasteiger partial charge in [-0.15, -0.1) is 0 Å². The van der Waals surface area contributed by atoms with Crippen LogP contribution in [-0.2, 0) is 14.6 Å². The average molecular weight is 333 g/mol. The monoisotopic (exact) mass is 333 g/mol. The molecule has 0 aromatic heterocycles. The van der Waals surface area contributed by atoms with Crippen molar-refractivity contribution in [2.45, 2.75) is 26.1 Å². The number of rotatable bonds is 2. The van der Waals surface area contributed by atoms with Crippen LogP contribution >= 0.6 is 0 Å². The quantitative estimate of drug-likeness (QED) is 0.836. The molecule has 1 amide bonds. The number of hydrogen-bond acceptors (Lipinski definition) is 3. The highest BCUT2D eigenvalue weighted by molar-refractivity contribution is 7.94. The summed E-state index contributed by atoms with van der Waals surface area (Å²) in [6, 6.07) is 3.45. The lowest BCUT2D eigenvalue weighted by Gasteiger charge is -2.30. The van der Waals surface area contributed by atoms with Gasteiger partial charge in [0, 0.05) is 11.1 Å². The molecule has 2 rings (SSSR count). The van der Waals surface area contributed by atoms with Gasteiger partial charge < -0.3 is 0 Å². The van der Waals surface area contributed by atoms with E-state index in [2.05, 4.69) is 0 Å². The number of aryl methyl sites for hydroxylation is 1. The van der Waals surface area contributed by atoms with Crippen molar-refractivity contribution in [1.29, 1.82) is 0 Å². The fraction of sp³-hybridized carbons (Fsp3) is 0.357. The van der Waals surface area contributed by atoms with E-state index in [9.17, 15) is 26.4 Å². The van der Waals surface area contributed by atoms with E-state index in [-0.39, 0.29) is 5.69 Å². The molecular formula is C14H14F3NO3S. The summed E-state index contributed by atoms with van der Waals surface area (Å²) in [5, 5.41) is 0.847. The molecule has 1 aromatic carbocycles. The Balaban J connectivity index is 2.54. The number of anilines is 1. The maximum Gasteiger partial charge on any atom is 0.471 e. The van der Waals surface area contributed by atoms with Crippen molar-refractivity contribution in [2.24, 2.45) is 0 Å². The summed E-state index contributed by atoms with van der Waals surface area (Å²) in [6.45, 7) is 3.30. The number of nitrogens with zero attached hydrogens (tertiary/aromatic N) is 1. The molecule has 120 valence electrons. The number of carbonyl (C=O) groups excluding carboxylic acids is 1. The van der Waals surface area contributed by atoms with Gasteiger partial charge in [0.25, 0.3) is 0 Å². The van der Waals surface area contributed by atoms with Crippen molar-refractivity contribution in [2.75, 3.05) is 10.7 Å². The average Bonchev–Trinajstić information content (AvgIpc) is 2.74. The van der Waals surface area contributed by atoms with Crippen molar-refractivity contribution in [3.05, 3.63) is 40.8 Å². The van der Waals surface area contributed by atoms with Gasteiger partial charge in [-0.2, -0.15) is 13.2 Å². The highest BCUT2D eigenvalue weighted by Gasteiger charge is 2.46. The number of benzene rings is 1. The van der Waals surface area contributed by atoms with Gasteiger partial charge in [0.05, 0.1) is 11.8 Å². The van der Waals surface area contributed by atoms with Crippen LogP contribution in [0.4, 0.5) is 18.9 Å². The lowest BCUT2D eigenvalue weighted by Crippen LogP contribution is -2.48. The summed E-state index contributed by atoms with van der Waals surface area (Å²) < 4.78 is 61.7. The van der Waals surface area contributed by atoms with E-state index in [1.165, 1.54) is 12.1 Å². The van der Waals surface area contributed by atoms with Gasteiger partial charge in [0.1, 0.15) is 0 Å². The molecule has 4 nitrogen and oxygen atoms in total. The SMILES string of the molecule is Cc1cccc(N(C(=O)C(F)(F)F)[C@@H]2C=CS(=O)(=O)C2)c1C. The lowest BCUT2D eigenvalue weighted by atomic mass is 10.1. The van der Waals surface area contributed by atoms with Crippen LogP contribution in [0.25, 0.3) is 0 Å². The zero-order valence-corrected chi connectivity index (χ0v) is 12.7. The molecular weight excluding hydrogens is 319 g/mol. The van der Waals surface area contributed by atoms with Crippen LogP contribution in [0.5, 0.6) is 0 Å². The molecule has 1 aliphatic heterocycles. The summed E-state index contributed by atoms with van der Waals surface area (Å²) in [6.07, 6.45) is -3.98. The number of amides is 1. The van der Waals surface area contributed by atoms with E-state index < -0.39 is 33.7 Å². The molecule has 0 saturated carbocycles. The Kier molecular flexibility index (Phi) is 4.08. The third kappa shape index (κ3) is 3.16. The summed E-state index contributed by atoms with van der Waals surface area (Å²) in [5.41, 5.74) is 1.27. The molecule has 0 spiro atoms. The van der Waals surface area contributed by atoms with Gasteiger partial charge in [0.2, 0.25) is 0 Å². The Bertz CT molecular complexity index is 738. The van der Waals surface area contributed by atoms with Gasteiger partial charge in [-0.1, -0.05) is 12.1 Å². The Morgan fingerprint density at radius 3 is 2.41 bits per heavy atom. The number of alkyl halides is 3. The van der Waals surface area contributed by atoms with Crippen LogP contribution in [0.15, 0.2) is 29.7 Å². The zero-order chi connectivity index (χ0) is 16.7. The second-order valence-corrected chi connectivity index (χ2v) is 7.05. The third-order valence-corrected chi connectivity index (χ3v) is 4.92. The number of sulfone groups is 1. The predicted octanol–water partition coefficient (Wildman–Crippen LogP) is 2.51. The van der Waals surface area contributed by atoms with E-state index in [0.717, 1.165) is 11.5 Å². The Morgan fingerprint density at radius 1 is 1.27 bits per heavy atom. The minimum absolute atomic E-state index is 0.0640. The zero-order valence-electron chi connectivity index (χ0n) is 11.9. The molecule has 0 bridgehead atoms. The van der Waals surface area contributed by atoms with Gasteiger partial charge in [0.15, 0.2) is 9.84 Å². The van der Waals surface area contributed by atoms with Crippen LogP contribution in [0.3, 0.4) is 0 Å². The molecule has 1 aliphatic rings. The van der Waals surface area contributed by atoms with Crippen LogP contribution in [0.1, 0.15) is 11.1 Å². The number of carbonyl (C=O) groups is 1. The Labute approximate surface area is 126 Å². The van der Waals surface area contributed by atoms with E-state index in [1.54, 1.807) is 19.9 Å². The van der Waals surface area contributed by atoms with Gasteiger partial charge in [-0.3, -0.25) is 9.69 Å². The van der Waals surface area contributed by atoms with E-state index >= 15 is 0 Å². The van der Waals surface area contributed by atoms with E-state index in [4.69, 9.17) is 0 Å². The van der Waals surface area contributed by atoms with Crippen molar-refractivity contribution in [1.82, 2.24) is 0 Å². The highest BCUT2D eigenvalue weighted by Crippen LogP contribution is 2.31. The topological polar surface area (TPSA) is 54.5 Å². The van der Waals surface area contributed by atoms with Gasteiger partial charge in [-0.25, -0.2) is 8.42 Å². The molecule has 0 fully saturated rings. The van der Waals surface area contributed by atoms with Crippen LogP contribution in [-0.4, -0.2) is 32.3 Å². The lowest BCUT2D eigenvalue weighted by molar-refractivity contribution is -0.170. The smallest absolute Gasteiger partial charge is 0.296 e. The third-order valence-electron chi connectivity index (χ3n) is 3.54. The second-order valence-electron chi connectivity index (χ2n) is 5.12. The Morgan fingerprint density at radius 2 is 1.91 bits per heavy atom. The molecule has 0 radical (unpaired) electrons. The number of hydrogen-bond donors (Lipinski definition) is 0. The van der Waals surface area contributed by atoms with Gasteiger partial charge >= 0.3 is 12.1 Å². The first-order valence-corrected chi connectivity index (χ1v) is 8.12. The minimum Gasteiger partial charge on any atom is -0.296 e. The van der Waals surface area contributed by atoms with Crippen LogP contribution in [0.2, 0.25) is 0 Å². The first kappa shape index (κ1) is 16.5. The maximum atomic E-state index is 12.9. The molecule has 0 saturated heterocycles. The molecule has 0 unspecified atom stereocenters. The summed E-state index contributed by atoms with van der Waals surface area (Å²) in [4.78, 5) is 12.3. The van der Waals surface area contributed by atoms with Crippen LogP contribution < -0.4 is 4.90 Å². The second kappa shape index (κ2) is 5.42. The molecule has 1 atom stereocenters. The molecule has 22 heavy (non-hydrogen) atoms. The molecule has 0 aliphatic carbocycles. The summed E-state index contributed by atoms with van der Waals surface area (Å²) in [7, 11) is -3.59. The van der Waals surface area contributed by atoms with E-state index in [1.807, 2.05) is 0 Å². The van der Waals surface area contributed by atoms with E-state index in [0.29, 0.717) is 16.0 Å². The molecule has 1 heterocycles. The molecule has 8 heteroatoms. The van der Waals surface area contributed by atoms with Crippen molar-refractivity contribution in [3.63, 3.8) is 0 Å². The fourth-order valence-electron chi connectivity index (χ4n) is 2.29. The standard InChI is InChI=1S/C14H14F3NO3S/c1-9-4-3-5-12(10(9)2)18(13(19)14(15,16)17)11-6-7-22(20,21)8-11/h3-7,11H,8H2,1-2H3/t11-/m1/s1. The normalized spacial score (nSPS) is 20.1. The molecule has 1 aromatic rings. The number of halogens is 3. The summed E-state index contributed by atoms with van der Waals surface area (Å²) in [5.74, 6) is -2.63. The highest BCUT2D eigenvalue weighted by atomic mass is 32.2. The van der Waals surface area contributed by atoms with Crippen molar-refractivity contribution >= 4 is 21.4 Å². The van der Waals surface area contributed by atoms with Crippen molar-refractivity contribution in [3.8, 4) is 0 Å². The molecule has 0 N–H and O–H groups in total. The van der Waals surface area contributed by atoms with Gasteiger partial charge in [-0.05, 0) is 37.1 Å². The van der Waals surface area contributed by atoms with Crippen LogP contribution in [0, 0.1) is 13.8 Å². The van der Waals surface area contributed by atoms with Crippen molar-refractivity contribution < 1.29 is 26.4 Å². The summed E-state index contributed by atoms with van der Waals surface area (Å²) >= 11 is 0.